The minimum absolute atomic E-state index is 0.244. The van der Waals surface area contributed by atoms with Crippen molar-refractivity contribution in [3.05, 3.63) is 71.4 Å². The molecule has 7 nitrogen and oxygen atoms in total. The SMILES string of the molecule is CS(=O)(=O)N1CCC(NC(=O)c2ccc3cccc(N4CCCC4c4cc(F)ccc4F)n23)C1. The zero-order chi connectivity index (χ0) is 24.0. The van der Waals surface area contributed by atoms with Crippen molar-refractivity contribution in [3.8, 4) is 0 Å². The molecule has 0 radical (unpaired) electrons. The summed E-state index contributed by atoms with van der Waals surface area (Å²) >= 11 is 0. The summed E-state index contributed by atoms with van der Waals surface area (Å²) in [7, 11) is -3.30. The average Bonchev–Trinajstić information content (AvgIpc) is 3.54. The highest BCUT2D eigenvalue weighted by molar-refractivity contribution is 7.88. The minimum atomic E-state index is -3.30. The van der Waals surface area contributed by atoms with Gasteiger partial charge in [0.1, 0.15) is 23.1 Å². The molecule has 0 spiro atoms. The van der Waals surface area contributed by atoms with Gasteiger partial charge in [-0.2, -0.15) is 0 Å². The third-order valence-electron chi connectivity index (χ3n) is 6.70. The number of aromatic nitrogens is 1. The Morgan fingerprint density at radius 1 is 1.06 bits per heavy atom. The fourth-order valence-corrected chi connectivity index (χ4v) is 5.98. The monoisotopic (exact) mass is 488 g/mol. The summed E-state index contributed by atoms with van der Waals surface area (Å²) in [4.78, 5) is 15.2. The predicted octanol–water partition coefficient (Wildman–Crippen LogP) is 3.32. The second-order valence-corrected chi connectivity index (χ2v) is 10.9. The van der Waals surface area contributed by atoms with Crippen molar-refractivity contribution in [3.63, 3.8) is 0 Å². The molecule has 2 unspecified atom stereocenters. The molecule has 5 rings (SSSR count). The van der Waals surface area contributed by atoms with Gasteiger partial charge in [0.15, 0.2) is 0 Å². The molecular weight excluding hydrogens is 462 g/mol. The van der Waals surface area contributed by atoms with Crippen LogP contribution in [-0.4, -0.2) is 55.0 Å². The lowest BCUT2D eigenvalue weighted by atomic mass is 10.0. The Balaban J connectivity index is 1.46. The van der Waals surface area contributed by atoms with Crippen LogP contribution in [0.4, 0.5) is 14.6 Å². The van der Waals surface area contributed by atoms with Gasteiger partial charge in [0.2, 0.25) is 10.0 Å². The number of nitrogens with zero attached hydrogens (tertiary/aromatic N) is 3. The number of benzene rings is 1. The van der Waals surface area contributed by atoms with E-state index in [1.807, 2.05) is 33.6 Å². The number of nitrogens with one attached hydrogen (secondary N) is 1. The summed E-state index contributed by atoms with van der Waals surface area (Å²) in [6.07, 6.45) is 3.19. The molecule has 2 aromatic heterocycles. The maximum absolute atomic E-state index is 14.6. The molecule has 10 heteroatoms. The topological polar surface area (TPSA) is 74.1 Å². The van der Waals surface area contributed by atoms with Gasteiger partial charge in [0.25, 0.3) is 5.91 Å². The third kappa shape index (κ3) is 4.16. The lowest BCUT2D eigenvalue weighted by molar-refractivity contribution is 0.0933. The number of hydrogen-bond donors (Lipinski definition) is 1. The molecule has 34 heavy (non-hydrogen) atoms. The van der Waals surface area contributed by atoms with Gasteiger partial charge in [0.05, 0.1) is 12.3 Å². The first-order chi connectivity index (χ1) is 16.2. The van der Waals surface area contributed by atoms with E-state index >= 15 is 0 Å². The van der Waals surface area contributed by atoms with E-state index in [9.17, 15) is 22.0 Å². The van der Waals surface area contributed by atoms with Gasteiger partial charge in [-0.1, -0.05) is 6.07 Å². The molecule has 0 bridgehead atoms. The number of pyridine rings is 1. The van der Waals surface area contributed by atoms with Crippen LogP contribution in [0.5, 0.6) is 0 Å². The first kappa shape index (κ1) is 22.8. The van der Waals surface area contributed by atoms with E-state index in [2.05, 4.69) is 5.32 Å². The summed E-state index contributed by atoms with van der Waals surface area (Å²) in [5, 5.41) is 2.96. The Labute approximate surface area is 197 Å². The second kappa shape index (κ2) is 8.66. The fourth-order valence-electron chi connectivity index (χ4n) is 5.09. The van der Waals surface area contributed by atoms with Gasteiger partial charge < -0.3 is 10.2 Å². The molecule has 180 valence electrons. The van der Waals surface area contributed by atoms with Crippen molar-refractivity contribution in [1.82, 2.24) is 14.0 Å². The number of amides is 1. The van der Waals surface area contributed by atoms with Crippen molar-refractivity contribution in [2.24, 2.45) is 0 Å². The zero-order valence-electron chi connectivity index (χ0n) is 18.7. The Morgan fingerprint density at radius 2 is 1.88 bits per heavy atom. The van der Waals surface area contributed by atoms with Crippen LogP contribution < -0.4 is 10.2 Å². The van der Waals surface area contributed by atoms with Crippen molar-refractivity contribution < 1.29 is 22.0 Å². The van der Waals surface area contributed by atoms with Crippen LogP contribution in [0.25, 0.3) is 5.52 Å². The van der Waals surface area contributed by atoms with Crippen LogP contribution >= 0.6 is 0 Å². The lowest BCUT2D eigenvalue weighted by Crippen LogP contribution is -2.38. The molecule has 2 fully saturated rings. The van der Waals surface area contributed by atoms with Crippen LogP contribution in [0.2, 0.25) is 0 Å². The van der Waals surface area contributed by atoms with Crippen LogP contribution in [0.3, 0.4) is 0 Å². The zero-order valence-corrected chi connectivity index (χ0v) is 19.6. The highest BCUT2D eigenvalue weighted by atomic mass is 32.2. The minimum Gasteiger partial charge on any atom is -0.351 e. The molecule has 2 saturated heterocycles. The van der Waals surface area contributed by atoms with Crippen molar-refractivity contribution >= 4 is 27.3 Å². The van der Waals surface area contributed by atoms with E-state index in [0.29, 0.717) is 37.2 Å². The summed E-state index contributed by atoms with van der Waals surface area (Å²) in [6, 6.07) is 12.1. The maximum atomic E-state index is 14.6. The van der Waals surface area contributed by atoms with E-state index < -0.39 is 21.7 Å². The Hall–Kier alpha value is -2.98. The van der Waals surface area contributed by atoms with Crippen LogP contribution in [0, 0.1) is 11.6 Å². The van der Waals surface area contributed by atoms with E-state index in [4.69, 9.17) is 0 Å². The number of rotatable bonds is 5. The molecule has 2 aliphatic heterocycles. The van der Waals surface area contributed by atoms with Gasteiger partial charge in [-0.3, -0.25) is 9.20 Å². The first-order valence-electron chi connectivity index (χ1n) is 11.3. The molecule has 0 saturated carbocycles. The molecule has 4 heterocycles. The number of halogens is 2. The Kier molecular flexibility index (Phi) is 5.81. The molecule has 3 aromatic rings. The predicted molar refractivity (Wildman–Crippen MR) is 125 cm³/mol. The number of carbonyl (C=O) groups is 1. The van der Waals surface area contributed by atoms with Crippen LogP contribution in [-0.2, 0) is 10.0 Å². The van der Waals surface area contributed by atoms with Gasteiger partial charge in [0, 0.05) is 36.8 Å². The summed E-state index contributed by atoms with van der Waals surface area (Å²) in [5.41, 5.74) is 1.52. The van der Waals surface area contributed by atoms with E-state index in [1.54, 1.807) is 6.07 Å². The van der Waals surface area contributed by atoms with E-state index in [-0.39, 0.29) is 24.5 Å². The molecule has 0 aliphatic carbocycles. The smallest absolute Gasteiger partial charge is 0.268 e. The summed E-state index contributed by atoms with van der Waals surface area (Å²) in [5.74, 6) is -0.515. The fraction of sp³-hybridized carbons (Fsp3) is 0.375. The van der Waals surface area contributed by atoms with Crippen LogP contribution in [0.1, 0.15) is 41.4 Å². The van der Waals surface area contributed by atoms with E-state index in [1.165, 1.54) is 10.4 Å². The van der Waals surface area contributed by atoms with Crippen molar-refractivity contribution in [1.29, 1.82) is 0 Å². The number of carbonyl (C=O) groups excluding carboxylic acids is 1. The number of anilines is 1. The maximum Gasteiger partial charge on any atom is 0.268 e. The lowest BCUT2D eigenvalue weighted by Gasteiger charge is -2.29. The van der Waals surface area contributed by atoms with Crippen LogP contribution in [0.15, 0.2) is 48.5 Å². The highest BCUT2D eigenvalue weighted by Crippen LogP contribution is 2.38. The van der Waals surface area contributed by atoms with Gasteiger partial charge in [-0.05, 0) is 61.7 Å². The number of sulfonamides is 1. The Morgan fingerprint density at radius 3 is 2.65 bits per heavy atom. The molecule has 2 atom stereocenters. The number of hydrogen-bond acceptors (Lipinski definition) is 4. The van der Waals surface area contributed by atoms with Crippen molar-refractivity contribution in [2.75, 3.05) is 30.8 Å². The highest BCUT2D eigenvalue weighted by Gasteiger charge is 2.32. The average molecular weight is 489 g/mol. The summed E-state index contributed by atoms with van der Waals surface area (Å²) < 4.78 is 55.3. The standard InChI is InChI=1S/C24H26F2N4O3S/c1-34(32,33)28-13-11-17(15-28)27-24(31)22-10-8-18-4-2-6-23(30(18)22)29-12-3-5-21(29)19-14-16(25)7-9-20(19)26/h2,4,6-10,14,17,21H,3,5,11-13,15H2,1H3,(H,27,31). The van der Waals surface area contributed by atoms with Gasteiger partial charge in [-0.15, -0.1) is 0 Å². The number of fused-ring (bicyclic) bond motifs is 1. The van der Waals surface area contributed by atoms with Gasteiger partial charge >= 0.3 is 0 Å². The molecular formula is C24H26F2N4O3S. The molecule has 1 N–H and O–H groups in total. The normalized spacial score (nSPS) is 21.4. The summed E-state index contributed by atoms with van der Waals surface area (Å²) in [6.45, 7) is 1.26. The van der Waals surface area contributed by atoms with Crippen molar-refractivity contribution in [2.45, 2.75) is 31.3 Å². The largest absolute Gasteiger partial charge is 0.351 e. The first-order valence-corrected chi connectivity index (χ1v) is 13.2. The molecule has 2 aliphatic rings. The molecule has 1 amide bonds. The Bertz CT molecular complexity index is 1360. The third-order valence-corrected chi connectivity index (χ3v) is 7.97. The second-order valence-electron chi connectivity index (χ2n) is 8.96. The van der Waals surface area contributed by atoms with Gasteiger partial charge in [-0.25, -0.2) is 21.5 Å². The molecule has 1 aromatic carbocycles. The van der Waals surface area contributed by atoms with E-state index in [0.717, 1.165) is 36.1 Å². The quantitative estimate of drug-likeness (QED) is 0.598.